The maximum Gasteiger partial charge on any atom is 0.123 e. The number of nitrogens with one attached hydrogen (secondary N) is 1. The second kappa shape index (κ2) is 5.51. The molecular weight excluding hydrogens is 249 g/mol. The fraction of sp³-hybridized carbons (Fsp3) is 0.200. The third kappa shape index (κ3) is 2.55. The summed E-state index contributed by atoms with van der Waals surface area (Å²) in [7, 11) is 0. The maximum atomic E-state index is 12.8. The molecule has 1 heterocycles. The molecule has 0 amide bonds. The quantitative estimate of drug-likeness (QED) is 0.873. The van der Waals surface area contributed by atoms with Crippen LogP contribution in [-0.4, -0.2) is 13.1 Å². The van der Waals surface area contributed by atoms with Crippen molar-refractivity contribution in [2.45, 2.75) is 5.92 Å². The standard InChI is InChI=1S/C15H14FN.ClH/c16-15-7-5-12(6-8-15)11-1-3-13(4-2-11)14-9-17-10-14;/h1-8,14,17H,9-10H2;1H. The maximum absolute atomic E-state index is 12.8. The first-order valence-corrected chi connectivity index (χ1v) is 5.89. The van der Waals surface area contributed by atoms with Gasteiger partial charge in [-0.05, 0) is 28.8 Å². The molecule has 1 aliphatic heterocycles. The van der Waals surface area contributed by atoms with Gasteiger partial charge in [0.2, 0.25) is 0 Å². The first-order chi connectivity index (χ1) is 8.33. The number of halogens is 2. The largest absolute Gasteiger partial charge is 0.315 e. The van der Waals surface area contributed by atoms with E-state index in [4.69, 9.17) is 0 Å². The molecule has 94 valence electrons. The van der Waals surface area contributed by atoms with E-state index in [2.05, 4.69) is 29.6 Å². The minimum absolute atomic E-state index is 0. The summed E-state index contributed by atoms with van der Waals surface area (Å²) in [6.07, 6.45) is 0. The van der Waals surface area contributed by atoms with Crippen LogP contribution in [0.5, 0.6) is 0 Å². The van der Waals surface area contributed by atoms with E-state index < -0.39 is 0 Å². The minimum Gasteiger partial charge on any atom is -0.315 e. The van der Waals surface area contributed by atoms with E-state index in [-0.39, 0.29) is 18.2 Å². The molecule has 0 atom stereocenters. The molecule has 0 spiro atoms. The molecule has 0 unspecified atom stereocenters. The highest BCUT2D eigenvalue weighted by Gasteiger charge is 2.18. The number of rotatable bonds is 2. The van der Waals surface area contributed by atoms with Crippen molar-refractivity contribution in [1.82, 2.24) is 5.32 Å². The van der Waals surface area contributed by atoms with Crippen molar-refractivity contribution in [2.75, 3.05) is 13.1 Å². The fourth-order valence-corrected chi connectivity index (χ4v) is 2.11. The van der Waals surface area contributed by atoms with E-state index in [1.165, 1.54) is 17.7 Å². The predicted octanol–water partition coefficient (Wildman–Crippen LogP) is 3.60. The van der Waals surface area contributed by atoms with Crippen molar-refractivity contribution >= 4 is 12.4 Å². The van der Waals surface area contributed by atoms with Gasteiger partial charge in [-0.3, -0.25) is 0 Å². The van der Waals surface area contributed by atoms with Crippen molar-refractivity contribution in [3.05, 3.63) is 59.9 Å². The molecule has 1 saturated heterocycles. The highest BCUT2D eigenvalue weighted by Crippen LogP contribution is 2.24. The van der Waals surface area contributed by atoms with Crippen LogP contribution in [0.1, 0.15) is 11.5 Å². The Morgan fingerprint density at radius 2 is 1.33 bits per heavy atom. The van der Waals surface area contributed by atoms with Gasteiger partial charge in [0.25, 0.3) is 0 Å². The molecule has 1 nitrogen and oxygen atoms in total. The molecular formula is C15H15ClFN. The summed E-state index contributed by atoms with van der Waals surface area (Å²) in [6, 6.07) is 15.2. The van der Waals surface area contributed by atoms with Crippen molar-refractivity contribution < 1.29 is 4.39 Å². The Morgan fingerprint density at radius 3 is 1.78 bits per heavy atom. The van der Waals surface area contributed by atoms with Crippen molar-refractivity contribution in [2.24, 2.45) is 0 Å². The molecule has 3 heteroatoms. The Balaban J connectivity index is 0.00000120. The predicted molar refractivity (Wildman–Crippen MR) is 74.7 cm³/mol. The van der Waals surface area contributed by atoms with Crippen molar-refractivity contribution in [1.29, 1.82) is 0 Å². The normalized spacial score (nSPS) is 14.7. The van der Waals surface area contributed by atoms with Crippen LogP contribution < -0.4 is 5.32 Å². The Morgan fingerprint density at radius 1 is 0.833 bits per heavy atom. The summed E-state index contributed by atoms with van der Waals surface area (Å²) < 4.78 is 12.8. The molecule has 0 saturated carbocycles. The summed E-state index contributed by atoms with van der Waals surface area (Å²) in [6.45, 7) is 2.16. The van der Waals surface area contributed by atoms with Gasteiger partial charge in [-0.15, -0.1) is 12.4 Å². The van der Waals surface area contributed by atoms with Gasteiger partial charge in [0, 0.05) is 19.0 Å². The molecule has 0 aromatic heterocycles. The van der Waals surface area contributed by atoms with Crippen LogP contribution in [0.2, 0.25) is 0 Å². The molecule has 0 bridgehead atoms. The van der Waals surface area contributed by atoms with E-state index in [0.717, 1.165) is 24.2 Å². The van der Waals surface area contributed by atoms with Gasteiger partial charge in [0.15, 0.2) is 0 Å². The lowest BCUT2D eigenvalue weighted by atomic mass is 9.92. The lowest BCUT2D eigenvalue weighted by molar-refractivity contribution is 0.448. The zero-order valence-electron chi connectivity index (χ0n) is 9.90. The van der Waals surface area contributed by atoms with Crippen LogP contribution in [0.15, 0.2) is 48.5 Å². The SMILES string of the molecule is Cl.Fc1ccc(-c2ccc(C3CNC3)cc2)cc1. The second-order valence-corrected chi connectivity index (χ2v) is 4.48. The van der Waals surface area contributed by atoms with Crippen LogP contribution in [0, 0.1) is 5.82 Å². The zero-order chi connectivity index (χ0) is 11.7. The van der Waals surface area contributed by atoms with E-state index in [1.807, 2.05) is 12.1 Å². The topological polar surface area (TPSA) is 12.0 Å². The number of hydrogen-bond acceptors (Lipinski definition) is 1. The average Bonchev–Trinajstić information content (AvgIpc) is 2.29. The summed E-state index contributed by atoms with van der Waals surface area (Å²) in [4.78, 5) is 0. The van der Waals surface area contributed by atoms with Gasteiger partial charge in [0.1, 0.15) is 5.82 Å². The van der Waals surface area contributed by atoms with Gasteiger partial charge in [-0.1, -0.05) is 36.4 Å². The zero-order valence-corrected chi connectivity index (χ0v) is 10.7. The molecule has 2 aromatic rings. The van der Waals surface area contributed by atoms with E-state index >= 15 is 0 Å². The van der Waals surface area contributed by atoms with Crippen LogP contribution in [0.25, 0.3) is 11.1 Å². The van der Waals surface area contributed by atoms with E-state index in [1.54, 1.807) is 0 Å². The minimum atomic E-state index is -0.189. The molecule has 18 heavy (non-hydrogen) atoms. The molecule has 1 aliphatic rings. The lowest BCUT2D eigenvalue weighted by Gasteiger charge is -2.27. The monoisotopic (exact) mass is 263 g/mol. The summed E-state index contributed by atoms with van der Waals surface area (Å²) in [5.74, 6) is 0.475. The molecule has 1 N–H and O–H groups in total. The molecule has 0 aliphatic carbocycles. The van der Waals surface area contributed by atoms with Crippen LogP contribution >= 0.6 is 12.4 Å². The molecule has 1 fully saturated rings. The number of benzene rings is 2. The highest BCUT2D eigenvalue weighted by molar-refractivity contribution is 5.85. The van der Waals surface area contributed by atoms with Gasteiger partial charge >= 0.3 is 0 Å². The van der Waals surface area contributed by atoms with E-state index in [9.17, 15) is 4.39 Å². The van der Waals surface area contributed by atoms with Crippen molar-refractivity contribution in [3.63, 3.8) is 0 Å². The summed E-state index contributed by atoms with van der Waals surface area (Å²) in [5, 5.41) is 3.27. The Bertz CT molecular complexity index is 503. The van der Waals surface area contributed by atoms with Gasteiger partial charge in [-0.2, -0.15) is 0 Å². The molecule has 0 radical (unpaired) electrons. The number of hydrogen-bond donors (Lipinski definition) is 1. The summed E-state index contributed by atoms with van der Waals surface area (Å²) >= 11 is 0. The first kappa shape index (κ1) is 13.1. The third-order valence-electron chi connectivity index (χ3n) is 3.34. The van der Waals surface area contributed by atoms with Crippen LogP contribution in [0.4, 0.5) is 4.39 Å². The van der Waals surface area contributed by atoms with Gasteiger partial charge in [0.05, 0.1) is 0 Å². The summed E-state index contributed by atoms with van der Waals surface area (Å²) in [5.41, 5.74) is 3.58. The Hall–Kier alpha value is -1.38. The average molecular weight is 264 g/mol. The fourth-order valence-electron chi connectivity index (χ4n) is 2.11. The molecule has 2 aromatic carbocycles. The lowest BCUT2D eigenvalue weighted by Crippen LogP contribution is -2.39. The Kier molecular flexibility index (Phi) is 4.00. The highest BCUT2D eigenvalue weighted by atomic mass is 35.5. The van der Waals surface area contributed by atoms with Gasteiger partial charge in [-0.25, -0.2) is 4.39 Å². The van der Waals surface area contributed by atoms with E-state index in [0.29, 0.717) is 5.92 Å². The van der Waals surface area contributed by atoms with Crippen LogP contribution in [-0.2, 0) is 0 Å². The first-order valence-electron chi connectivity index (χ1n) is 5.89. The molecule has 3 rings (SSSR count). The second-order valence-electron chi connectivity index (χ2n) is 4.48. The van der Waals surface area contributed by atoms with Crippen LogP contribution in [0.3, 0.4) is 0 Å². The Labute approximate surface area is 112 Å². The third-order valence-corrected chi connectivity index (χ3v) is 3.34. The van der Waals surface area contributed by atoms with Crippen molar-refractivity contribution in [3.8, 4) is 11.1 Å². The van der Waals surface area contributed by atoms with Gasteiger partial charge < -0.3 is 5.32 Å². The smallest absolute Gasteiger partial charge is 0.123 e.